The van der Waals surface area contributed by atoms with Gasteiger partial charge in [0.25, 0.3) is 5.91 Å². The third-order valence-electron chi connectivity index (χ3n) is 3.24. The number of ether oxygens (including phenoxy) is 1. The zero-order valence-corrected chi connectivity index (χ0v) is 11.9. The van der Waals surface area contributed by atoms with Gasteiger partial charge >= 0.3 is 5.97 Å². The van der Waals surface area contributed by atoms with Gasteiger partial charge in [0.05, 0.1) is 7.11 Å². The molecule has 2 aromatic rings. The first-order valence-corrected chi connectivity index (χ1v) is 6.55. The van der Waals surface area contributed by atoms with Crippen molar-refractivity contribution in [2.24, 2.45) is 0 Å². The fourth-order valence-corrected chi connectivity index (χ4v) is 2.04. The summed E-state index contributed by atoms with van der Waals surface area (Å²) in [4.78, 5) is 40.3. The second-order valence-electron chi connectivity index (χ2n) is 4.47. The molecular formula is C15H16N2O4. The predicted octanol–water partition coefficient (Wildman–Crippen LogP) is 1.16. The van der Waals surface area contributed by atoms with Gasteiger partial charge in [-0.25, -0.2) is 0 Å². The summed E-state index contributed by atoms with van der Waals surface area (Å²) in [6.07, 6.45) is 1.38. The lowest BCUT2D eigenvalue weighted by Crippen LogP contribution is -2.38. The highest BCUT2D eigenvalue weighted by Gasteiger charge is 2.21. The number of methoxy groups -OCH3 is 1. The van der Waals surface area contributed by atoms with Crippen LogP contribution in [0.2, 0.25) is 0 Å². The zero-order valence-electron chi connectivity index (χ0n) is 11.9. The van der Waals surface area contributed by atoms with Crippen LogP contribution < -0.4 is 5.43 Å². The van der Waals surface area contributed by atoms with Crippen LogP contribution in [0.3, 0.4) is 0 Å². The van der Waals surface area contributed by atoms with Crippen LogP contribution in [0.25, 0.3) is 10.9 Å². The van der Waals surface area contributed by atoms with Crippen molar-refractivity contribution in [3.05, 3.63) is 46.2 Å². The van der Waals surface area contributed by atoms with Crippen LogP contribution in [0.4, 0.5) is 0 Å². The Morgan fingerprint density at radius 2 is 2.00 bits per heavy atom. The van der Waals surface area contributed by atoms with E-state index in [-0.39, 0.29) is 17.5 Å². The topological polar surface area (TPSA) is 79.5 Å². The number of aromatic nitrogens is 1. The molecule has 0 saturated carbocycles. The number of nitrogens with one attached hydrogen (secondary N) is 1. The van der Waals surface area contributed by atoms with Gasteiger partial charge in [-0.2, -0.15) is 0 Å². The number of rotatable bonds is 4. The number of aromatic amines is 1. The number of hydrogen-bond acceptors (Lipinski definition) is 4. The van der Waals surface area contributed by atoms with E-state index in [0.29, 0.717) is 17.4 Å². The van der Waals surface area contributed by atoms with Crippen LogP contribution in [0.5, 0.6) is 0 Å². The van der Waals surface area contributed by atoms with Crippen LogP contribution in [-0.2, 0) is 9.53 Å². The van der Waals surface area contributed by atoms with Gasteiger partial charge in [0.15, 0.2) is 0 Å². The molecule has 1 heterocycles. The van der Waals surface area contributed by atoms with Crippen LogP contribution in [-0.4, -0.2) is 42.0 Å². The molecule has 1 aromatic carbocycles. The second kappa shape index (κ2) is 6.21. The third-order valence-corrected chi connectivity index (χ3v) is 3.24. The van der Waals surface area contributed by atoms with E-state index in [1.54, 1.807) is 31.2 Å². The van der Waals surface area contributed by atoms with E-state index in [0.717, 1.165) is 0 Å². The number of hydrogen-bond donors (Lipinski definition) is 1. The molecule has 0 saturated heterocycles. The lowest BCUT2D eigenvalue weighted by molar-refractivity contribution is -0.141. The first-order chi connectivity index (χ1) is 10.1. The molecule has 0 bridgehead atoms. The highest BCUT2D eigenvalue weighted by atomic mass is 16.5. The van der Waals surface area contributed by atoms with Crippen molar-refractivity contribution in [2.45, 2.75) is 6.92 Å². The number of amides is 1. The maximum atomic E-state index is 12.4. The summed E-state index contributed by atoms with van der Waals surface area (Å²) < 4.78 is 4.55. The molecule has 1 aromatic heterocycles. The molecule has 21 heavy (non-hydrogen) atoms. The summed E-state index contributed by atoms with van der Waals surface area (Å²) in [5.41, 5.74) is 0.326. The molecule has 0 aliphatic rings. The molecule has 1 N–H and O–H groups in total. The first-order valence-electron chi connectivity index (χ1n) is 6.55. The van der Waals surface area contributed by atoms with E-state index in [1.165, 1.54) is 18.2 Å². The molecule has 1 amide bonds. The van der Waals surface area contributed by atoms with Crippen LogP contribution in [0.1, 0.15) is 17.3 Å². The number of esters is 1. The van der Waals surface area contributed by atoms with Crippen LogP contribution in [0, 0.1) is 0 Å². The van der Waals surface area contributed by atoms with Crippen molar-refractivity contribution in [2.75, 3.05) is 20.2 Å². The maximum Gasteiger partial charge on any atom is 0.325 e. The Balaban J connectivity index is 2.41. The van der Waals surface area contributed by atoms with E-state index in [2.05, 4.69) is 9.72 Å². The number of benzene rings is 1. The normalized spacial score (nSPS) is 10.4. The van der Waals surface area contributed by atoms with Gasteiger partial charge in [0, 0.05) is 23.6 Å². The number of carbonyl (C=O) groups is 2. The van der Waals surface area contributed by atoms with Crippen molar-refractivity contribution >= 4 is 22.8 Å². The molecule has 0 unspecified atom stereocenters. The van der Waals surface area contributed by atoms with E-state index >= 15 is 0 Å². The van der Waals surface area contributed by atoms with Gasteiger partial charge in [-0.1, -0.05) is 12.1 Å². The molecule has 0 fully saturated rings. The Hall–Kier alpha value is -2.63. The van der Waals surface area contributed by atoms with Gasteiger partial charge in [0.2, 0.25) is 5.43 Å². The lowest BCUT2D eigenvalue weighted by atomic mass is 10.1. The quantitative estimate of drug-likeness (QED) is 0.856. The number of para-hydroxylation sites is 1. The number of nitrogens with zero attached hydrogens (tertiary/aromatic N) is 1. The van der Waals surface area contributed by atoms with Gasteiger partial charge in [0.1, 0.15) is 12.1 Å². The fraction of sp³-hybridized carbons (Fsp3) is 0.267. The largest absolute Gasteiger partial charge is 0.468 e. The summed E-state index contributed by atoms with van der Waals surface area (Å²) in [5, 5.41) is 0.442. The minimum atomic E-state index is -0.526. The van der Waals surface area contributed by atoms with Crippen molar-refractivity contribution in [1.29, 1.82) is 0 Å². The van der Waals surface area contributed by atoms with E-state index < -0.39 is 11.9 Å². The summed E-state index contributed by atoms with van der Waals surface area (Å²) >= 11 is 0. The molecule has 0 spiro atoms. The molecule has 0 aliphatic carbocycles. The molecular weight excluding hydrogens is 272 g/mol. The maximum absolute atomic E-state index is 12.4. The van der Waals surface area contributed by atoms with Crippen molar-refractivity contribution in [3.8, 4) is 0 Å². The molecule has 6 nitrogen and oxygen atoms in total. The van der Waals surface area contributed by atoms with Crippen molar-refractivity contribution in [1.82, 2.24) is 9.88 Å². The van der Waals surface area contributed by atoms with E-state index in [9.17, 15) is 14.4 Å². The van der Waals surface area contributed by atoms with Crippen molar-refractivity contribution < 1.29 is 14.3 Å². The van der Waals surface area contributed by atoms with Gasteiger partial charge < -0.3 is 14.6 Å². The Kier molecular flexibility index (Phi) is 4.37. The van der Waals surface area contributed by atoms with E-state index in [1.807, 2.05) is 0 Å². The third kappa shape index (κ3) is 2.94. The molecule has 2 rings (SSSR count). The minimum Gasteiger partial charge on any atom is -0.468 e. The standard InChI is InChI=1S/C15H16N2O4/c1-3-17(9-13(18)21-2)15(20)11-8-16-12-7-5-4-6-10(12)14(11)19/h4-8H,3,9H2,1-2H3,(H,16,19). The SMILES string of the molecule is CCN(CC(=O)OC)C(=O)c1c[nH]c2ccccc2c1=O. The smallest absolute Gasteiger partial charge is 0.325 e. The number of fused-ring (bicyclic) bond motifs is 1. The molecule has 0 aliphatic heterocycles. The van der Waals surface area contributed by atoms with Crippen LogP contribution >= 0.6 is 0 Å². The predicted molar refractivity (Wildman–Crippen MR) is 78.2 cm³/mol. The number of H-pyrrole nitrogens is 1. The monoisotopic (exact) mass is 288 g/mol. The Morgan fingerprint density at radius 1 is 1.29 bits per heavy atom. The Morgan fingerprint density at radius 3 is 2.67 bits per heavy atom. The highest BCUT2D eigenvalue weighted by Crippen LogP contribution is 2.08. The minimum absolute atomic E-state index is 0.0134. The van der Waals surface area contributed by atoms with Gasteiger partial charge in [-0.05, 0) is 19.1 Å². The Labute approximate surface area is 121 Å². The summed E-state index contributed by atoms with van der Waals surface area (Å²) in [6.45, 7) is 1.86. The summed E-state index contributed by atoms with van der Waals surface area (Å²) in [6, 6.07) is 6.95. The van der Waals surface area contributed by atoms with E-state index in [4.69, 9.17) is 0 Å². The average Bonchev–Trinajstić information content (AvgIpc) is 2.52. The first kappa shape index (κ1) is 14.8. The number of likely N-dealkylation sites (N-methyl/N-ethyl adjacent to an activating group) is 1. The second-order valence-corrected chi connectivity index (χ2v) is 4.47. The molecule has 6 heteroatoms. The molecule has 110 valence electrons. The van der Waals surface area contributed by atoms with Gasteiger partial charge in [-0.3, -0.25) is 14.4 Å². The number of carbonyl (C=O) groups excluding carboxylic acids is 2. The number of pyridine rings is 1. The zero-order chi connectivity index (χ0) is 15.4. The Bertz CT molecular complexity index is 736. The average molecular weight is 288 g/mol. The molecule has 0 radical (unpaired) electrons. The van der Waals surface area contributed by atoms with Gasteiger partial charge in [-0.15, -0.1) is 0 Å². The summed E-state index contributed by atoms with van der Waals surface area (Å²) in [5.74, 6) is -1.02. The highest BCUT2D eigenvalue weighted by molar-refractivity contribution is 5.98. The van der Waals surface area contributed by atoms with Crippen LogP contribution in [0.15, 0.2) is 35.3 Å². The lowest BCUT2D eigenvalue weighted by Gasteiger charge is -2.19. The summed E-state index contributed by atoms with van der Waals surface area (Å²) in [7, 11) is 1.25. The fourth-order valence-electron chi connectivity index (χ4n) is 2.04. The molecule has 0 atom stereocenters. The van der Waals surface area contributed by atoms with Crippen molar-refractivity contribution in [3.63, 3.8) is 0 Å².